The largest absolute Gasteiger partial charge is 0.494 e. The van der Waals surface area contributed by atoms with E-state index in [2.05, 4.69) is 4.98 Å². The van der Waals surface area contributed by atoms with Crippen molar-refractivity contribution in [1.29, 1.82) is 0 Å². The Bertz CT molecular complexity index is 830. The topological polar surface area (TPSA) is 39.2 Å². The van der Waals surface area contributed by atoms with Gasteiger partial charge >= 0.3 is 0 Å². The summed E-state index contributed by atoms with van der Waals surface area (Å²) < 4.78 is 19.0. The lowest BCUT2D eigenvalue weighted by Crippen LogP contribution is -2.07. The van der Waals surface area contributed by atoms with Crippen LogP contribution in [0.4, 0.5) is 4.39 Å². The molecule has 21 heavy (non-hydrogen) atoms. The number of rotatable bonds is 3. The first-order valence-corrected chi connectivity index (χ1v) is 6.43. The highest BCUT2D eigenvalue weighted by atomic mass is 19.1. The van der Waals surface area contributed by atoms with Gasteiger partial charge < -0.3 is 4.74 Å². The molecule has 0 saturated carbocycles. The van der Waals surface area contributed by atoms with Gasteiger partial charge in [0.25, 0.3) is 0 Å². The molecule has 104 valence electrons. The average Bonchev–Trinajstić information content (AvgIpc) is 2.54. The minimum absolute atomic E-state index is 0.0432. The van der Waals surface area contributed by atoms with Crippen molar-refractivity contribution < 1.29 is 13.9 Å². The zero-order chi connectivity index (χ0) is 14.8. The molecule has 3 nitrogen and oxygen atoms in total. The molecule has 0 aliphatic carbocycles. The third-order valence-electron chi connectivity index (χ3n) is 3.26. The number of para-hydroxylation sites is 1. The van der Waals surface area contributed by atoms with E-state index in [1.165, 1.54) is 19.2 Å². The maximum atomic E-state index is 14.1. The second-order valence-electron chi connectivity index (χ2n) is 4.54. The molecule has 4 heteroatoms. The summed E-state index contributed by atoms with van der Waals surface area (Å²) in [7, 11) is 1.36. The number of hydrogen-bond acceptors (Lipinski definition) is 3. The Morgan fingerprint density at radius 1 is 1.05 bits per heavy atom. The monoisotopic (exact) mass is 281 g/mol. The predicted molar refractivity (Wildman–Crippen MR) is 78.1 cm³/mol. The summed E-state index contributed by atoms with van der Waals surface area (Å²) in [6, 6.07) is 15.3. The molecule has 0 atom stereocenters. The van der Waals surface area contributed by atoms with Crippen molar-refractivity contribution in [3.8, 4) is 5.75 Å². The van der Waals surface area contributed by atoms with E-state index in [9.17, 15) is 9.18 Å². The molecule has 0 radical (unpaired) electrons. The van der Waals surface area contributed by atoms with E-state index in [1.54, 1.807) is 18.2 Å². The molecule has 0 saturated heterocycles. The molecule has 1 heterocycles. The Morgan fingerprint density at radius 2 is 1.86 bits per heavy atom. The number of nitrogens with zero attached hydrogens (tertiary/aromatic N) is 1. The summed E-state index contributed by atoms with van der Waals surface area (Å²) >= 11 is 0. The summed E-state index contributed by atoms with van der Waals surface area (Å²) in [5, 5.41) is 0.931. The van der Waals surface area contributed by atoms with Crippen LogP contribution in [0.5, 0.6) is 5.75 Å². The van der Waals surface area contributed by atoms with Crippen LogP contribution < -0.4 is 4.74 Å². The predicted octanol–water partition coefficient (Wildman–Crippen LogP) is 3.61. The van der Waals surface area contributed by atoms with Gasteiger partial charge in [0, 0.05) is 5.39 Å². The lowest BCUT2D eigenvalue weighted by molar-refractivity contribution is 0.103. The van der Waals surface area contributed by atoms with E-state index in [4.69, 9.17) is 4.74 Å². The highest BCUT2D eigenvalue weighted by Crippen LogP contribution is 2.22. The Morgan fingerprint density at radius 3 is 2.67 bits per heavy atom. The van der Waals surface area contributed by atoms with Gasteiger partial charge in [-0.15, -0.1) is 0 Å². The van der Waals surface area contributed by atoms with Crippen molar-refractivity contribution in [3.63, 3.8) is 0 Å². The molecular formula is C17H12FNO2. The van der Waals surface area contributed by atoms with Gasteiger partial charge in [-0.05, 0) is 24.3 Å². The summed E-state index contributed by atoms with van der Waals surface area (Å²) in [6.07, 6.45) is 0. The molecule has 0 amide bonds. The lowest BCUT2D eigenvalue weighted by Gasteiger charge is -2.07. The van der Waals surface area contributed by atoms with Crippen molar-refractivity contribution in [3.05, 3.63) is 71.7 Å². The van der Waals surface area contributed by atoms with Crippen LogP contribution in [0, 0.1) is 5.82 Å². The lowest BCUT2D eigenvalue weighted by atomic mass is 10.1. The number of hydrogen-bond donors (Lipinski definition) is 0. The van der Waals surface area contributed by atoms with E-state index < -0.39 is 11.6 Å². The fourth-order valence-electron chi connectivity index (χ4n) is 2.17. The average molecular weight is 281 g/mol. The summed E-state index contributed by atoms with van der Waals surface area (Å²) in [4.78, 5) is 16.7. The minimum Gasteiger partial charge on any atom is -0.494 e. The van der Waals surface area contributed by atoms with Gasteiger partial charge in [-0.2, -0.15) is 0 Å². The third-order valence-corrected chi connectivity index (χ3v) is 3.26. The number of carbonyl (C=O) groups excluding carboxylic acids is 1. The van der Waals surface area contributed by atoms with Gasteiger partial charge in [0.05, 0.1) is 18.2 Å². The number of ether oxygens (including phenoxy) is 1. The van der Waals surface area contributed by atoms with E-state index in [0.717, 1.165) is 5.39 Å². The van der Waals surface area contributed by atoms with Crippen molar-refractivity contribution >= 4 is 16.7 Å². The Hall–Kier alpha value is -2.75. The number of pyridine rings is 1. The zero-order valence-corrected chi connectivity index (χ0v) is 11.3. The number of aromatic nitrogens is 1. The maximum absolute atomic E-state index is 14.1. The normalized spacial score (nSPS) is 10.6. The SMILES string of the molecule is COc1cccc(C(=O)c2ccc3ccccc3n2)c1F. The Labute approximate surface area is 121 Å². The molecular weight excluding hydrogens is 269 g/mol. The van der Waals surface area contributed by atoms with Crippen LogP contribution in [-0.4, -0.2) is 17.9 Å². The first-order valence-electron chi connectivity index (χ1n) is 6.43. The molecule has 0 spiro atoms. The molecule has 0 N–H and O–H groups in total. The van der Waals surface area contributed by atoms with E-state index in [1.807, 2.05) is 24.3 Å². The van der Waals surface area contributed by atoms with E-state index in [-0.39, 0.29) is 17.0 Å². The minimum atomic E-state index is -0.667. The van der Waals surface area contributed by atoms with Crippen LogP contribution in [0.1, 0.15) is 16.1 Å². The van der Waals surface area contributed by atoms with Crippen LogP contribution >= 0.6 is 0 Å². The maximum Gasteiger partial charge on any atom is 0.214 e. The summed E-state index contributed by atoms with van der Waals surface area (Å²) in [5.41, 5.74) is 0.865. The molecule has 0 aliphatic rings. The number of benzene rings is 2. The fraction of sp³-hybridized carbons (Fsp3) is 0.0588. The number of halogens is 1. The van der Waals surface area contributed by atoms with Gasteiger partial charge in [-0.1, -0.05) is 30.3 Å². The molecule has 3 rings (SSSR count). The highest BCUT2D eigenvalue weighted by molar-refractivity contribution is 6.09. The second kappa shape index (κ2) is 5.32. The number of carbonyl (C=O) groups is 1. The molecule has 0 aliphatic heterocycles. The van der Waals surface area contributed by atoms with Crippen molar-refractivity contribution in [2.75, 3.05) is 7.11 Å². The van der Waals surface area contributed by atoms with Crippen LogP contribution in [-0.2, 0) is 0 Å². The fourth-order valence-corrected chi connectivity index (χ4v) is 2.17. The second-order valence-corrected chi connectivity index (χ2v) is 4.54. The molecule has 1 aromatic heterocycles. The quantitative estimate of drug-likeness (QED) is 0.688. The van der Waals surface area contributed by atoms with Crippen molar-refractivity contribution in [2.24, 2.45) is 0 Å². The van der Waals surface area contributed by atoms with Crippen LogP contribution in [0.15, 0.2) is 54.6 Å². The molecule has 0 fully saturated rings. The molecule has 0 bridgehead atoms. The summed E-state index contributed by atoms with van der Waals surface area (Å²) in [6.45, 7) is 0. The first kappa shape index (κ1) is 13.2. The van der Waals surface area contributed by atoms with Crippen LogP contribution in [0.2, 0.25) is 0 Å². The van der Waals surface area contributed by atoms with Gasteiger partial charge in [0.2, 0.25) is 5.78 Å². The molecule has 3 aromatic rings. The Kier molecular flexibility index (Phi) is 3.36. The van der Waals surface area contributed by atoms with Crippen LogP contribution in [0.25, 0.3) is 10.9 Å². The van der Waals surface area contributed by atoms with Gasteiger partial charge in [0.1, 0.15) is 5.69 Å². The van der Waals surface area contributed by atoms with Gasteiger partial charge in [-0.3, -0.25) is 4.79 Å². The smallest absolute Gasteiger partial charge is 0.214 e. The van der Waals surface area contributed by atoms with E-state index >= 15 is 0 Å². The third kappa shape index (κ3) is 2.36. The van der Waals surface area contributed by atoms with Gasteiger partial charge in [0.15, 0.2) is 11.6 Å². The summed E-state index contributed by atoms with van der Waals surface area (Å²) in [5.74, 6) is -1.08. The standard InChI is InChI=1S/C17H12FNO2/c1-21-15-8-4-6-12(16(15)18)17(20)14-10-9-11-5-2-3-7-13(11)19-14/h2-10H,1H3. The molecule has 0 unspecified atom stereocenters. The number of ketones is 1. The Balaban J connectivity index is 2.08. The van der Waals surface area contributed by atoms with Crippen molar-refractivity contribution in [2.45, 2.75) is 0 Å². The number of methoxy groups -OCH3 is 1. The number of fused-ring (bicyclic) bond motifs is 1. The first-order chi connectivity index (χ1) is 10.2. The zero-order valence-electron chi connectivity index (χ0n) is 11.3. The van der Waals surface area contributed by atoms with E-state index in [0.29, 0.717) is 5.52 Å². The van der Waals surface area contributed by atoms with Crippen molar-refractivity contribution in [1.82, 2.24) is 4.98 Å². The van der Waals surface area contributed by atoms with Crippen LogP contribution in [0.3, 0.4) is 0 Å². The highest BCUT2D eigenvalue weighted by Gasteiger charge is 2.18. The van der Waals surface area contributed by atoms with Gasteiger partial charge in [-0.25, -0.2) is 9.37 Å². The molecule has 2 aromatic carbocycles.